The van der Waals surface area contributed by atoms with E-state index in [4.69, 9.17) is 4.74 Å². The summed E-state index contributed by atoms with van der Waals surface area (Å²) in [5.74, 6) is 0.552. The van der Waals surface area contributed by atoms with Crippen molar-refractivity contribution >= 4 is 28.9 Å². The van der Waals surface area contributed by atoms with E-state index in [0.717, 1.165) is 62.6 Å². The molecule has 0 unspecified atom stereocenters. The van der Waals surface area contributed by atoms with Gasteiger partial charge in [0.15, 0.2) is 0 Å². The van der Waals surface area contributed by atoms with Crippen LogP contribution in [0.1, 0.15) is 65.8 Å². The Balaban J connectivity index is 1.47. The van der Waals surface area contributed by atoms with Crippen LogP contribution in [0, 0.1) is 0 Å². The molecule has 2 N–H and O–H groups in total. The number of carbonyl (C=O) groups excluding carboxylic acids is 2. The Kier molecular flexibility index (Phi) is 10.4. The Morgan fingerprint density at radius 2 is 1.50 bits per heavy atom. The SMILES string of the molecule is CCCCCc1ccc(C(=O)Nc2ccc(N3CCN(c4ccccc4OC)CC3)c(C(=O)NCCC)c2)cc1. The molecule has 3 aromatic carbocycles. The largest absolute Gasteiger partial charge is 0.495 e. The summed E-state index contributed by atoms with van der Waals surface area (Å²) in [6.07, 6.45) is 5.44. The maximum Gasteiger partial charge on any atom is 0.255 e. The summed E-state index contributed by atoms with van der Waals surface area (Å²) in [6.45, 7) is 7.98. The van der Waals surface area contributed by atoms with E-state index in [-0.39, 0.29) is 11.8 Å². The van der Waals surface area contributed by atoms with E-state index in [1.807, 2.05) is 61.5 Å². The van der Waals surface area contributed by atoms with E-state index in [2.05, 4.69) is 33.4 Å². The minimum Gasteiger partial charge on any atom is -0.495 e. The molecule has 0 aromatic heterocycles. The smallest absolute Gasteiger partial charge is 0.255 e. The Bertz CT molecular complexity index is 1270. The van der Waals surface area contributed by atoms with Crippen molar-refractivity contribution in [2.45, 2.75) is 46.0 Å². The predicted octanol–water partition coefficient (Wildman–Crippen LogP) is 6.15. The van der Waals surface area contributed by atoms with Crippen molar-refractivity contribution in [1.82, 2.24) is 5.32 Å². The lowest BCUT2D eigenvalue weighted by Crippen LogP contribution is -2.47. The normalized spacial score (nSPS) is 13.2. The number of aryl methyl sites for hydroxylation is 1. The molecule has 0 atom stereocenters. The highest BCUT2D eigenvalue weighted by atomic mass is 16.5. The van der Waals surface area contributed by atoms with Gasteiger partial charge in [0.1, 0.15) is 5.75 Å². The molecular formula is C33H42N4O3. The van der Waals surface area contributed by atoms with Crippen LogP contribution in [0.3, 0.4) is 0 Å². The summed E-state index contributed by atoms with van der Waals surface area (Å²) in [5.41, 5.74) is 4.99. The van der Waals surface area contributed by atoms with E-state index >= 15 is 0 Å². The lowest BCUT2D eigenvalue weighted by Gasteiger charge is -2.38. The first kappa shape index (κ1) is 29.0. The van der Waals surface area contributed by atoms with Gasteiger partial charge >= 0.3 is 0 Å². The number of piperazine rings is 1. The third-order valence-corrected chi connectivity index (χ3v) is 7.37. The van der Waals surface area contributed by atoms with Crippen molar-refractivity contribution in [1.29, 1.82) is 0 Å². The van der Waals surface area contributed by atoms with Crippen molar-refractivity contribution in [2.75, 3.05) is 55.0 Å². The Morgan fingerprint density at radius 1 is 0.800 bits per heavy atom. The second-order valence-electron chi connectivity index (χ2n) is 10.2. The van der Waals surface area contributed by atoms with Crippen LogP contribution in [0.4, 0.5) is 17.1 Å². The zero-order valence-electron chi connectivity index (χ0n) is 24.0. The van der Waals surface area contributed by atoms with Crippen LogP contribution in [0.25, 0.3) is 0 Å². The molecule has 3 aromatic rings. The maximum absolute atomic E-state index is 13.2. The van der Waals surface area contributed by atoms with Gasteiger partial charge in [0.2, 0.25) is 0 Å². The van der Waals surface area contributed by atoms with Crippen molar-refractivity contribution in [3.05, 3.63) is 83.4 Å². The van der Waals surface area contributed by atoms with Gasteiger partial charge in [-0.2, -0.15) is 0 Å². The molecule has 2 amide bonds. The van der Waals surface area contributed by atoms with Crippen LogP contribution in [-0.2, 0) is 6.42 Å². The second-order valence-corrected chi connectivity index (χ2v) is 10.2. The molecular weight excluding hydrogens is 500 g/mol. The fraction of sp³-hybridized carbons (Fsp3) is 0.394. The van der Waals surface area contributed by atoms with Crippen molar-refractivity contribution in [3.8, 4) is 5.75 Å². The van der Waals surface area contributed by atoms with E-state index in [1.165, 1.54) is 18.4 Å². The van der Waals surface area contributed by atoms with Crippen LogP contribution in [-0.4, -0.2) is 51.6 Å². The lowest BCUT2D eigenvalue weighted by atomic mass is 10.0. The van der Waals surface area contributed by atoms with Gasteiger partial charge < -0.3 is 25.2 Å². The molecule has 0 radical (unpaired) electrons. The first-order chi connectivity index (χ1) is 19.5. The molecule has 212 valence electrons. The molecule has 7 heteroatoms. The third kappa shape index (κ3) is 7.34. The van der Waals surface area contributed by atoms with Crippen LogP contribution in [0.15, 0.2) is 66.7 Å². The summed E-state index contributed by atoms with van der Waals surface area (Å²) in [4.78, 5) is 30.8. The number of hydrogen-bond acceptors (Lipinski definition) is 5. The maximum atomic E-state index is 13.2. The number of unbranched alkanes of at least 4 members (excludes halogenated alkanes) is 2. The van der Waals surface area contributed by atoms with Crippen molar-refractivity contribution in [3.63, 3.8) is 0 Å². The van der Waals surface area contributed by atoms with Gasteiger partial charge in [-0.25, -0.2) is 0 Å². The summed E-state index contributed by atoms with van der Waals surface area (Å²) >= 11 is 0. The second kappa shape index (κ2) is 14.4. The summed E-state index contributed by atoms with van der Waals surface area (Å²) in [5, 5.41) is 6.01. The molecule has 0 spiro atoms. The molecule has 1 aliphatic heterocycles. The van der Waals surface area contributed by atoms with E-state index in [1.54, 1.807) is 13.2 Å². The number of benzene rings is 3. The fourth-order valence-electron chi connectivity index (χ4n) is 5.09. The van der Waals surface area contributed by atoms with Gasteiger partial charge in [0.25, 0.3) is 11.8 Å². The van der Waals surface area contributed by atoms with Crippen LogP contribution in [0.5, 0.6) is 5.75 Å². The van der Waals surface area contributed by atoms with E-state index < -0.39 is 0 Å². The molecule has 0 saturated carbocycles. The monoisotopic (exact) mass is 542 g/mol. The number of anilines is 3. The summed E-state index contributed by atoms with van der Waals surface area (Å²) in [7, 11) is 1.69. The lowest BCUT2D eigenvalue weighted by molar-refractivity contribution is 0.0952. The highest BCUT2D eigenvalue weighted by molar-refractivity contribution is 6.06. The fourth-order valence-corrected chi connectivity index (χ4v) is 5.09. The van der Waals surface area contributed by atoms with Gasteiger partial charge in [-0.1, -0.05) is 51.0 Å². The van der Waals surface area contributed by atoms with Crippen LogP contribution >= 0.6 is 0 Å². The molecule has 1 fully saturated rings. The van der Waals surface area contributed by atoms with E-state index in [9.17, 15) is 9.59 Å². The van der Waals surface area contributed by atoms with Gasteiger partial charge in [0, 0.05) is 49.7 Å². The predicted molar refractivity (Wildman–Crippen MR) is 164 cm³/mol. The number of para-hydroxylation sites is 2. The molecule has 40 heavy (non-hydrogen) atoms. The zero-order valence-corrected chi connectivity index (χ0v) is 24.0. The highest BCUT2D eigenvalue weighted by Crippen LogP contribution is 2.31. The Hall–Kier alpha value is -4.00. The van der Waals surface area contributed by atoms with Gasteiger partial charge in [0.05, 0.1) is 18.4 Å². The number of carbonyl (C=O) groups is 2. The first-order valence-corrected chi connectivity index (χ1v) is 14.5. The number of hydrogen-bond donors (Lipinski definition) is 2. The number of methoxy groups -OCH3 is 1. The molecule has 0 bridgehead atoms. The van der Waals surface area contributed by atoms with Crippen LogP contribution < -0.4 is 25.2 Å². The molecule has 4 rings (SSSR count). The average molecular weight is 543 g/mol. The molecule has 1 aliphatic rings. The standard InChI is InChI=1S/C33H42N4O3/c1-4-6-7-10-25-13-15-26(16-14-25)32(38)35-27-17-18-29(28(24-27)33(39)34-19-5-2)36-20-22-37(23-21-36)30-11-8-9-12-31(30)40-3/h8-9,11-18,24H,4-7,10,19-23H2,1-3H3,(H,34,39)(H,35,38). The number of nitrogens with one attached hydrogen (secondary N) is 2. The molecule has 1 heterocycles. The number of rotatable bonds is 12. The number of amides is 2. The topological polar surface area (TPSA) is 73.9 Å². The van der Waals surface area contributed by atoms with Gasteiger partial charge in [-0.05, 0) is 67.3 Å². The van der Waals surface area contributed by atoms with Crippen molar-refractivity contribution in [2.24, 2.45) is 0 Å². The third-order valence-electron chi connectivity index (χ3n) is 7.37. The number of nitrogens with zero attached hydrogens (tertiary/aromatic N) is 2. The Labute approximate surface area is 238 Å². The minimum absolute atomic E-state index is 0.128. The van der Waals surface area contributed by atoms with Gasteiger partial charge in [-0.15, -0.1) is 0 Å². The van der Waals surface area contributed by atoms with E-state index in [0.29, 0.717) is 23.4 Å². The number of ether oxygens (including phenoxy) is 1. The minimum atomic E-state index is -0.182. The molecule has 0 aliphatic carbocycles. The van der Waals surface area contributed by atoms with Crippen molar-refractivity contribution < 1.29 is 14.3 Å². The average Bonchev–Trinajstić information content (AvgIpc) is 3.00. The highest BCUT2D eigenvalue weighted by Gasteiger charge is 2.24. The van der Waals surface area contributed by atoms with Gasteiger partial charge in [-0.3, -0.25) is 9.59 Å². The quantitative estimate of drug-likeness (QED) is 0.269. The first-order valence-electron chi connectivity index (χ1n) is 14.5. The molecule has 7 nitrogen and oxygen atoms in total. The molecule has 1 saturated heterocycles. The summed E-state index contributed by atoms with van der Waals surface area (Å²) in [6, 6.07) is 21.5. The zero-order chi connectivity index (χ0) is 28.3. The summed E-state index contributed by atoms with van der Waals surface area (Å²) < 4.78 is 5.56. The van der Waals surface area contributed by atoms with Crippen LogP contribution in [0.2, 0.25) is 0 Å². The Morgan fingerprint density at radius 3 is 2.17 bits per heavy atom.